The predicted molar refractivity (Wildman–Crippen MR) is 67.2 cm³/mol. The van der Waals surface area contributed by atoms with Gasteiger partial charge in [-0.3, -0.25) is 4.79 Å². The summed E-state index contributed by atoms with van der Waals surface area (Å²) in [6.07, 6.45) is 4.91. The first-order chi connectivity index (χ1) is 9.24. The van der Waals surface area contributed by atoms with Crippen LogP contribution in [0.2, 0.25) is 0 Å². The molecule has 1 saturated heterocycles. The molecule has 1 fully saturated rings. The average Bonchev–Trinajstić information content (AvgIpc) is 2.86. The first-order valence-electron chi connectivity index (χ1n) is 6.11. The molecule has 7 nitrogen and oxygen atoms in total. The van der Waals surface area contributed by atoms with Crippen LogP contribution in [0.3, 0.4) is 0 Å². The van der Waals surface area contributed by atoms with Gasteiger partial charge in [-0.25, -0.2) is 9.50 Å². The van der Waals surface area contributed by atoms with Crippen LogP contribution in [0, 0.1) is 0 Å². The quantitative estimate of drug-likeness (QED) is 0.863. The lowest BCUT2D eigenvalue weighted by atomic mass is 10.2. The predicted octanol–water partition coefficient (Wildman–Crippen LogP) is 0.409. The van der Waals surface area contributed by atoms with E-state index in [9.17, 15) is 4.79 Å². The number of fused-ring (bicyclic) bond motifs is 1. The monoisotopic (exact) mass is 262 g/mol. The van der Waals surface area contributed by atoms with E-state index < -0.39 is 5.97 Å². The number of nitrogens with zero attached hydrogens (tertiary/aromatic N) is 4. The molecule has 0 saturated carbocycles. The van der Waals surface area contributed by atoms with Crippen LogP contribution in [-0.4, -0.2) is 51.5 Å². The molecular weight excluding hydrogens is 248 g/mol. The highest BCUT2D eigenvalue weighted by Crippen LogP contribution is 2.21. The molecule has 0 bridgehead atoms. The second kappa shape index (κ2) is 4.85. The number of morpholine rings is 1. The zero-order valence-electron chi connectivity index (χ0n) is 10.3. The Kier molecular flexibility index (Phi) is 3.04. The fourth-order valence-electron chi connectivity index (χ4n) is 2.32. The Morgan fingerprint density at radius 2 is 2.42 bits per heavy atom. The van der Waals surface area contributed by atoms with Gasteiger partial charge in [-0.1, -0.05) is 0 Å². The van der Waals surface area contributed by atoms with Crippen LogP contribution < -0.4 is 4.90 Å². The molecule has 2 aromatic heterocycles. The molecule has 19 heavy (non-hydrogen) atoms. The van der Waals surface area contributed by atoms with Crippen LogP contribution in [0.15, 0.2) is 24.7 Å². The lowest BCUT2D eigenvalue weighted by Crippen LogP contribution is -2.43. The van der Waals surface area contributed by atoms with Gasteiger partial charge in [0.15, 0.2) is 5.82 Å². The van der Waals surface area contributed by atoms with Crippen molar-refractivity contribution < 1.29 is 14.6 Å². The number of anilines is 1. The van der Waals surface area contributed by atoms with Gasteiger partial charge < -0.3 is 14.7 Å². The first-order valence-corrected chi connectivity index (χ1v) is 6.11. The molecular formula is C12H14N4O3. The topological polar surface area (TPSA) is 80.0 Å². The van der Waals surface area contributed by atoms with Crippen molar-refractivity contribution in [1.82, 2.24) is 14.6 Å². The molecule has 1 aliphatic rings. The molecule has 2 aromatic rings. The van der Waals surface area contributed by atoms with E-state index in [1.165, 1.54) is 0 Å². The van der Waals surface area contributed by atoms with Crippen LogP contribution in [0.5, 0.6) is 0 Å². The average molecular weight is 262 g/mol. The van der Waals surface area contributed by atoms with Crippen molar-refractivity contribution in [3.8, 4) is 0 Å². The Morgan fingerprint density at radius 1 is 1.53 bits per heavy atom. The number of aromatic nitrogens is 3. The minimum Gasteiger partial charge on any atom is -0.481 e. The summed E-state index contributed by atoms with van der Waals surface area (Å²) in [6, 6.07) is 1.89. The molecule has 1 unspecified atom stereocenters. The van der Waals surface area contributed by atoms with Crippen molar-refractivity contribution >= 4 is 17.3 Å². The zero-order chi connectivity index (χ0) is 13.2. The molecule has 0 aliphatic carbocycles. The third-order valence-electron chi connectivity index (χ3n) is 3.14. The van der Waals surface area contributed by atoms with Crippen molar-refractivity contribution in [2.45, 2.75) is 12.5 Å². The normalized spacial score (nSPS) is 19.8. The Morgan fingerprint density at radius 3 is 3.26 bits per heavy atom. The van der Waals surface area contributed by atoms with E-state index in [1.807, 2.05) is 11.0 Å². The largest absolute Gasteiger partial charge is 0.481 e. The highest BCUT2D eigenvalue weighted by atomic mass is 16.5. The number of hydrogen-bond acceptors (Lipinski definition) is 5. The minimum atomic E-state index is -0.845. The summed E-state index contributed by atoms with van der Waals surface area (Å²) >= 11 is 0. The van der Waals surface area contributed by atoms with Crippen molar-refractivity contribution in [2.75, 3.05) is 24.6 Å². The minimum absolute atomic E-state index is 0.0128. The Bertz CT molecular complexity index is 597. The van der Waals surface area contributed by atoms with Crippen LogP contribution >= 0.6 is 0 Å². The number of carboxylic acid groups (broad SMARTS) is 1. The van der Waals surface area contributed by atoms with Gasteiger partial charge in [-0.15, -0.1) is 0 Å². The Balaban J connectivity index is 1.85. The fraction of sp³-hybridized carbons (Fsp3) is 0.417. The highest BCUT2D eigenvalue weighted by Gasteiger charge is 2.24. The Hall–Kier alpha value is -2.15. The molecule has 7 heteroatoms. The van der Waals surface area contributed by atoms with Gasteiger partial charge in [0.2, 0.25) is 0 Å². The van der Waals surface area contributed by atoms with Gasteiger partial charge >= 0.3 is 5.97 Å². The number of rotatable bonds is 3. The highest BCUT2D eigenvalue weighted by molar-refractivity contribution is 5.69. The van der Waals surface area contributed by atoms with Crippen molar-refractivity contribution in [3.63, 3.8) is 0 Å². The second-order valence-electron chi connectivity index (χ2n) is 4.45. The molecule has 0 spiro atoms. The lowest BCUT2D eigenvalue weighted by Gasteiger charge is -2.33. The summed E-state index contributed by atoms with van der Waals surface area (Å²) in [7, 11) is 0. The SMILES string of the molecule is O=C(O)CC1CN(c2nccn3nccc23)CCO1. The number of aliphatic carboxylic acids is 1. The third kappa shape index (κ3) is 2.37. The second-order valence-corrected chi connectivity index (χ2v) is 4.45. The van der Waals surface area contributed by atoms with Crippen LogP contribution in [0.1, 0.15) is 6.42 Å². The molecule has 3 heterocycles. The molecule has 0 amide bonds. The van der Waals surface area contributed by atoms with E-state index in [4.69, 9.17) is 9.84 Å². The molecule has 0 aromatic carbocycles. The molecule has 0 radical (unpaired) electrons. The summed E-state index contributed by atoms with van der Waals surface area (Å²) < 4.78 is 7.22. The maximum Gasteiger partial charge on any atom is 0.306 e. The zero-order valence-corrected chi connectivity index (χ0v) is 10.3. The first kappa shape index (κ1) is 11.9. The maximum absolute atomic E-state index is 10.8. The molecule has 1 atom stereocenters. The molecule has 1 N–H and O–H groups in total. The summed E-state index contributed by atoms with van der Waals surface area (Å²) in [4.78, 5) is 17.2. The van der Waals surface area contributed by atoms with Crippen LogP contribution in [0.4, 0.5) is 5.82 Å². The van der Waals surface area contributed by atoms with Crippen molar-refractivity contribution in [2.24, 2.45) is 0 Å². The van der Waals surface area contributed by atoms with Crippen LogP contribution in [0.25, 0.3) is 5.52 Å². The summed E-state index contributed by atoms with van der Waals surface area (Å²) in [5, 5.41) is 13.0. The van der Waals surface area contributed by atoms with E-state index >= 15 is 0 Å². The molecule has 100 valence electrons. The van der Waals surface area contributed by atoms with Crippen LogP contribution in [-0.2, 0) is 9.53 Å². The summed E-state index contributed by atoms with van der Waals surface area (Å²) in [5.41, 5.74) is 0.915. The maximum atomic E-state index is 10.8. The summed E-state index contributed by atoms with van der Waals surface area (Å²) in [5.74, 6) is -0.0268. The Labute approximate surface area is 109 Å². The molecule has 1 aliphatic heterocycles. The van der Waals surface area contributed by atoms with E-state index in [0.29, 0.717) is 19.7 Å². The molecule has 3 rings (SSSR count). The number of hydrogen-bond donors (Lipinski definition) is 1. The smallest absolute Gasteiger partial charge is 0.306 e. The van der Waals surface area contributed by atoms with E-state index in [2.05, 4.69) is 10.1 Å². The van der Waals surface area contributed by atoms with Gasteiger partial charge in [0.1, 0.15) is 5.52 Å². The third-order valence-corrected chi connectivity index (χ3v) is 3.14. The number of carboxylic acids is 1. The van der Waals surface area contributed by atoms with Gasteiger partial charge in [0.05, 0.1) is 25.3 Å². The van der Waals surface area contributed by atoms with Gasteiger partial charge in [0, 0.05) is 25.5 Å². The van der Waals surface area contributed by atoms with Gasteiger partial charge in [0.25, 0.3) is 0 Å². The van der Waals surface area contributed by atoms with Crippen molar-refractivity contribution in [1.29, 1.82) is 0 Å². The number of carbonyl (C=O) groups is 1. The van der Waals surface area contributed by atoms with Gasteiger partial charge in [-0.05, 0) is 6.07 Å². The fourth-order valence-corrected chi connectivity index (χ4v) is 2.32. The standard InChI is InChI=1S/C12H14N4O3/c17-11(18)7-9-8-15(5-6-19-9)12-10-1-2-14-16(10)4-3-13-12/h1-4,9H,5-8H2,(H,17,18). The van der Waals surface area contributed by atoms with E-state index in [1.54, 1.807) is 23.1 Å². The van der Waals surface area contributed by atoms with E-state index in [0.717, 1.165) is 11.3 Å². The van der Waals surface area contributed by atoms with Crippen molar-refractivity contribution in [3.05, 3.63) is 24.7 Å². The lowest BCUT2D eigenvalue weighted by molar-refractivity contribution is -0.140. The van der Waals surface area contributed by atoms with E-state index in [-0.39, 0.29) is 12.5 Å². The summed E-state index contributed by atoms with van der Waals surface area (Å²) in [6.45, 7) is 1.74. The number of ether oxygens (including phenoxy) is 1. The van der Waals surface area contributed by atoms with Gasteiger partial charge in [-0.2, -0.15) is 5.10 Å².